The van der Waals surface area contributed by atoms with Gasteiger partial charge in [-0.1, -0.05) is 44.2 Å². The van der Waals surface area contributed by atoms with Gasteiger partial charge in [-0.15, -0.1) is 0 Å². The predicted octanol–water partition coefficient (Wildman–Crippen LogP) is 3.72. The maximum atomic E-state index is 12.9. The van der Waals surface area contributed by atoms with Crippen molar-refractivity contribution in [1.29, 1.82) is 0 Å². The lowest BCUT2D eigenvalue weighted by atomic mass is 9.83. The smallest absolute Gasteiger partial charge is 0.310 e. The summed E-state index contributed by atoms with van der Waals surface area (Å²) in [4.78, 5) is 25.8. The van der Waals surface area contributed by atoms with Crippen molar-refractivity contribution in [3.8, 4) is 0 Å². The molecule has 0 aliphatic heterocycles. The van der Waals surface area contributed by atoms with Crippen LogP contribution in [0.2, 0.25) is 0 Å². The highest BCUT2D eigenvalue weighted by molar-refractivity contribution is 7.85. The van der Waals surface area contributed by atoms with Crippen LogP contribution in [0, 0.1) is 17.8 Å². The molecule has 0 aliphatic rings. The van der Waals surface area contributed by atoms with Crippen molar-refractivity contribution in [3.05, 3.63) is 35.9 Å². The lowest BCUT2D eigenvalue weighted by Crippen LogP contribution is -2.37. The van der Waals surface area contributed by atoms with Crippen LogP contribution in [-0.2, 0) is 40.0 Å². The fourth-order valence-corrected chi connectivity index (χ4v) is 3.35. The second kappa shape index (κ2) is 11.5. The van der Waals surface area contributed by atoms with Gasteiger partial charge in [0.25, 0.3) is 10.1 Å². The molecule has 8 heteroatoms. The van der Waals surface area contributed by atoms with Gasteiger partial charge in [0.15, 0.2) is 0 Å². The van der Waals surface area contributed by atoms with E-state index in [1.807, 2.05) is 44.2 Å². The third kappa shape index (κ3) is 10.7. The summed E-state index contributed by atoms with van der Waals surface area (Å²) in [6, 6.07) is 9.25. The summed E-state index contributed by atoms with van der Waals surface area (Å²) in [5, 5.41) is 0. The third-order valence-corrected chi connectivity index (χ3v) is 4.77. The van der Waals surface area contributed by atoms with Gasteiger partial charge in [-0.25, -0.2) is 0 Å². The van der Waals surface area contributed by atoms with E-state index in [0.717, 1.165) is 11.8 Å². The van der Waals surface area contributed by atoms with Gasteiger partial charge in [0.2, 0.25) is 0 Å². The van der Waals surface area contributed by atoms with Crippen molar-refractivity contribution in [2.75, 3.05) is 12.9 Å². The number of hydrogen-bond donors (Lipinski definition) is 0. The monoisotopic (exact) mass is 442 g/mol. The summed E-state index contributed by atoms with van der Waals surface area (Å²) in [6.45, 7) is 8.96. The van der Waals surface area contributed by atoms with Crippen LogP contribution in [0.4, 0.5) is 0 Å². The molecule has 7 nitrogen and oxygen atoms in total. The Kier molecular flexibility index (Phi) is 9.97. The van der Waals surface area contributed by atoms with Crippen molar-refractivity contribution in [2.45, 2.75) is 59.7 Å². The van der Waals surface area contributed by atoms with Crippen molar-refractivity contribution >= 4 is 22.1 Å². The third-order valence-electron chi connectivity index (χ3n) is 4.17. The molecule has 170 valence electrons. The standard InChI is InChI=1S/C22H34O7S/c1-16(2)14-19(20(23)27-15-17-10-8-7-9-11-17)18(12-13-28-30(6,25)26)21(24)29-22(3,4)5/h7-11,16,18-19H,12-15H2,1-6H3/t18-,19+/m0/s1. The van der Waals surface area contributed by atoms with Gasteiger partial charge in [-0.2, -0.15) is 8.42 Å². The maximum absolute atomic E-state index is 12.9. The highest BCUT2D eigenvalue weighted by Gasteiger charge is 2.38. The average molecular weight is 443 g/mol. The molecule has 0 heterocycles. The van der Waals surface area contributed by atoms with Crippen molar-refractivity contribution in [1.82, 2.24) is 0 Å². The fraction of sp³-hybridized carbons (Fsp3) is 0.636. The van der Waals surface area contributed by atoms with E-state index in [1.165, 1.54) is 0 Å². The lowest BCUT2D eigenvalue weighted by Gasteiger charge is -2.29. The normalized spacial score (nSPS) is 14.2. The number of esters is 2. The van der Waals surface area contributed by atoms with Crippen molar-refractivity contribution in [2.24, 2.45) is 17.8 Å². The van der Waals surface area contributed by atoms with E-state index in [-0.39, 0.29) is 25.6 Å². The molecule has 1 rings (SSSR count). The Bertz CT molecular complexity index is 779. The molecule has 0 fully saturated rings. The summed E-state index contributed by atoms with van der Waals surface area (Å²) in [5.41, 5.74) is 0.0898. The summed E-state index contributed by atoms with van der Waals surface area (Å²) >= 11 is 0. The van der Waals surface area contributed by atoms with Crippen molar-refractivity contribution < 1.29 is 31.7 Å². The minimum absolute atomic E-state index is 0.0276. The molecule has 0 saturated carbocycles. The summed E-state index contributed by atoms with van der Waals surface area (Å²) < 4.78 is 38.5. The van der Waals surface area contributed by atoms with Crippen LogP contribution in [0.15, 0.2) is 30.3 Å². The van der Waals surface area contributed by atoms with E-state index < -0.39 is 39.5 Å². The topological polar surface area (TPSA) is 96.0 Å². The second-order valence-corrected chi connectivity index (χ2v) is 10.4. The van der Waals surface area contributed by atoms with E-state index in [0.29, 0.717) is 6.42 Å². The molecule has 0 spiro atoms. The van der Waals surface area contributed by atoms with Gasteiger partial charge in [0, 0.05) is 0 Å². The molecule has 0 radical (unpaired) electrons. The largest absolute Gasteiger partial charge is 0.461 e. The highest BCUT2D eigenvalue weighted by Crippen LogP contribution is 2.28. The molecule has 0 unspecified atom stereocenters. The molecule has 1 aromatic carbocycles. The Morgan fingerprint density at radius 1 is 1.00 bits per heavy atom. The van der Waals surface area contributed by atoms with Crippen molar-refractivity contribution in [3.63, 3.8) is 0 Å². The summed E-state index contributed by atoms with van der Waals surface area (Å²) in [6.07, 6.45) is 1.37. The molecule has 0 saturated heterocycles. The molecule has 0 N–H and O–H groups in total. The number of hydrogen-bond acceptors (Lipinski definition) is 7. The molecule has 0 aromatic heterocycles. The maximum Gasteiger partial charge on any atom is 0.310 e. The molecule has 30 heavy (non-hydrogen) atoms. The molecule has 0 aliphatic carbocycles. The van der Waals surface area contributed by atoms with Gasteiger partial charge >= 0.3 is 11.9 Å². The molecule has 1 aromatic rings. The van der Waals surface area contributed by atoms with E-state index >= 15 is 0 Å². The van der Waals surface area contributed by atoms with Crippen LogP contribution in [0.1, 0.15) is 53.0 Å². The molecule has 2 atom stereocenters. The number of carbonyl (C=O) groups is 2. The number of benzene rings is 1. The van der Waals surface area contributed by atoms with E-state index in [9.17, 15) is 18.0 Å². The first kappa shape index (κ1) is 26.1. The van der Waals surface area contributed by atoms with Crippen LogP contribution in [-0.4, -0.2) is 38.8 Å². The zero-order valence-electron chi connectivity index (χ0n) is 18.7. The first-order valence-corrected chi connectivity index (χ1v) is 11.9. The van der Waals surface area contributed by atoms with Crippen LogP contribution < -0.4 is 0 Å². The molecular formula is C22H34O7S. The Balaban J connectivity index is 3.03. The number of rotatable bonds is 11. The molecule has 0 bridgehead atoms. The molecular weight excluding hydrogens is 408 g/mol. The minimum Gasteiger partial charge on any atom is -0.461 e. The first-order valence-electron chi connectivity index (χ1n) is 10.1. The quantitative estimate of drug-likeness (QED) is 0.381. The van der Waals surface area contributed by atoms with Gasteiger partial charge in [0.1, 0.15) is 12.2 Å². The van der Waals surface area contributed by atoms with Gasteiger partial charge in [-0.05, 0) is 45.1 Å². The van der Waals surface area contributed by atoms with Gasteiger partial charge in [0.05, 0.1) is 24.7 Å². The van der Waals surface area contributed by atoms with Crippen LogP contribution in [0.25, 0.3) is 0 Å². The highest BCUT2D eigenvalue weighted by atomic mass is 32.2. The summed E-state index contributed by atoms with van der Waals surface area (Å²) in [7, 11) is -3.66. The Morgan fingerprint density at radius 3 is 2.10 bits per heavy atom. The Morgan fingerprint density at radius 2 is 1.60 bits per heavy atom. The minimum atomic E-state index is -3.66. The first-order chi connectivity index (χ1) is 13.8. The Labute approximate surface area is 180 Å². The number of carbonyl (C=O) groups excluding carboxylic acids is 2. The van der Waals surface area contributed by atoms with E-state index in [1.54, 1.807) is 20.8 Å². The van der Waals surface area contributed by atoms with E-state index in [4.69, 9.17) is 13.7 Å². The van der Waals surface area contributed by atoms with E-state index in [2.05, 4.69) is 0 Å². The summed E-state index contributed by atoms with van der Waals surface area (Å²) in [5.74, 6) is -2.62. The van der Waals surface area contributed by atoms with Gasteiger partial charge in [-0.3, -0.25) is 13.8 Å². The predicted molar refractivity (Wildman–Crippen MR) is 114 cm³/mol. The number of ether oxygens (including phenoxy) is 2. The zero-order chi connectivity index (χ0) is 22.9. The SMILES string of the molecule is CC(C)C[C@@H](C(=O)OCc1ccccc1)[C@H](CCOS(C)(=O)=O)C(=O)OC(C)(C)C. The van der Waals surface area contributed by atoms with Crippen LogP contribution in [0.5, 0.6) is 0 Å². The average Bonchev–Trinajstić information content (AvgIpc) is 2.60. The fourth-order valence-electron chi connectivity index (χ4n) is 2.96. The van der Waals surface area contributed by atoms with Crippen LogP contribution >= 0.6 is 0 Å². The zero-order valence-corrected chi connectivity index (χ0v) is 19.5. The lowest BCUT2D eigenvalue weighted by molar-refractivity contribution is -0.170. The second-order valence-electron chi connectivity index (χ2n) is 8.78. The van der Waals surface area contributed by atoms with Crippen LogP contribution in [0.3, 0.4) is 0 Å². The molecule has 0 amide bonds. The van der Waals surface area contributed by atoms with Gasteiger partial charge < -0.3 is 9.47 Å². The Hall–Kier alpha value is -1.93.